The predicted octanol–water partition coefficient (Wildman–Crippen LogP) is 3.73. The van der Waals surface area contributed by atoms with Gasteiger partial charge >= 0.3 is 0 Å². The van der Waals surface area contributed by atoms with Gasteiger partial charge in [-0.3, -0.25) is 0 Å². The molecule has 3 aromatic rings. The van der Waals surface area contributed by atoms with E-state index >= 15 is 0 Å². The second-order valence-corrected chi connectivity index (χ2v) is 6.75. The van der Waals surface area contributed by atoms with Gasteiger partial charge < -0.3 is 10.3 Å². The molecular formula is C11H9N3OS3. The maximum Gasteiger partial charge on any atom is 0.181 e. The molecule has 0 saturated heterocycles. The van der Waals surface area contributed by atoms with Crippen molar-refractivity contribution in [1.29, 1.82) is 0 Å². The number of hydrogen-bond donors (Lipinski definition) is 1. The Morgan fingerprint density at radius 1 is 1.44 bits per heavy atom. The van der Waals surface area contributed by atoms with Crippen LogP contribution in [0.25, 0.3) is 10.6 Å². The van der Waals surface area contributed by atoms with Crippen molar-refractivity contribution in [3.63, 3.8) is 0 Å². The van der Waals surface area contributed by atoms with Crippen LogP contribution in [0, 0.1) is 0 Å². The van der Waals surface area contributed by atoms with Crippen LogP contribution in [0.5, 0.6) is 0 Å². The second-order valence-electron chi connectivity index (χ2n) is 3.47. The summed E-state index contributed by atoms with van der Waals surface area (Å²) in [6, 6.07) is 5.99. The van der Waals surface area contributed by atoms with E-state index in [1.54, 1.807) is 29.3 Å². The molecule has 0 fully saturated rings. The summed E-state index contributed by atoms with van der Waals surface area (Å²) in [4.78, 5) is 5.11. The summed E-state index contributed by atoms with van der Waals surface area (Å²) in [5.41, 5.74) is 6.50. The van der Waals surface area contributed by atoms with Crippen molar-refractivity contribution in [3.8, 4) is 10.6 Å². The van der Waals surface area contributed by atoms with Crippen LogP contribution in [0.4, 0.5) is 5.13 Å². The van der Waals surface area contributed by atoms with Gasteiger partial charge in [0, 0.05) is 11.8 Å². The third-order valence-electron chi connectivity index (χ3n) is 2.19. The van der Waals surface area contributed by atoms with Crippen LogP contribution in [-0.2, 0) is 5.75 Å². The van der Waals surface area contributed by atoms with Crippen molar-refractivity contribution in [2.24, 2.45) is 0 Å². The number of thiophene rings is 1. The Bertz CT molecular complexity index is 630. The average molecular weight is 295 g/mol. The van der Waals surface area contributed by atoms with Gasteiger partial charge in [0.1, 0.15) is 0 Å². The molecule has 0 unspecified atom stereocenters. The normalized spacial score (nSPS) is 10.9. The van der Waals surface area contributed by atoms with Crippen molar-refractivity contribution in [3.05, 3.63) is 35.5 Å². The van der Waals surface area contributed by atoms with Gasteiger partial charge in [0.25, 0.3) is 0 Å². The zero-order chi connectivity index (χ0) is 12.4. The minimum Gasteiger partial charge on any atom is -0.375 e. The summed E-state index contributed by atoms with van der Waals surface area (Å²) in [6.45, 7) is 0. The van der Waals surface area contributed by atoms with E-state index < -0.39 is 0 Å². The highest BCUT2D eigenvalue weighted by Gasteiger charge is 2.08. The molecule has 7 heteroatoms. The molecule has 0 aliphatic heterocycles. The van der Waals surface area contributed by atoms with E-state index in [9.17, 15) is 0 Å². The standard InChI is InChI=1S/C11H9N3OS3/c12-11-13-5-10(18-11)17-6-7-4-8(15-14-7)9-2-1-3-16-9/h1-5H,6H2,(H2,12,13). The van der Waals surface area contributed by atoms with Crippen LogP contribution < -0.4 is 5.73 Å². The van der Waals surface area contributed by atoms with Crippen LogP contribution >= 0.6 is 34.4 Å². The van der Waals surface area contributed by atoms with Gasteiger partial charge in [0.2, 0.25) is 0 Å². The second kappa shape index (κ2) is 5.13. The lowest BCUT2D eigenvalue weighted by Gasteiger charge is -1.91. The molecule has 0 saturated carbocycles. The Labute approximate surface area is 116 Å². The third kappa shape index (κ3) is 2.58. The Morgan fingerprint density at radius 3 is 3.11 bits per heavy atom. The minimum atomic E-state index is 0.594. The molecule has 0 bridgehead atoms. The monoisotopic (exact) mass is 295 g/mol. The number of nitrogens with two attached hydrogens (primary N) is 1. The fourth-order valence-corrected chi connectivity index (χ4v) is 3.71. The van der Waals surface area contributed by atoms with E-state index in [-0.39, 0.29) is 0 Å². The summed E-state index contributed by atoms with van der Waals surface area (Å²) < 4.78 is 6.40. The van der Waals surface area contributed by atoms with E-state index in [1.807, 2.05) is 23.6 Å². The molecule has 4 nitrogen and oxygen atoms in total. The molecule has 92 valence electrons. The van der Waals surface area contributed by atoms with Crippen molar-refractivity contribution in [2.45, 2.75) is 9.96 Å². The number of aromatic nitrogens is 2. The Morgan fingerprint density at radius 2 is 2.39 bits per heavy atom. The highest BCUT2D eigenvalue weighted by atomic mass is 32.2. The van der Waals surface area contributed by atoms with Crippen LogP contribution in [0.2, 0.25) is 0 Å². The van der Waals surface area contributed by atoms with Gasteiger partial charge in [-0.1, -0.05) is 22.6 Å². The average Bonchev–Trinajstić information content (AvgIpc) is 3.07. The molecule has 3 rings (SSSR count). The molecule has 2 N–H and O–H groups in total. The van der Waals surface area contributed by atoms with Crippen LogP contribution in [0.1, 0.15) is 5.69 Å². The van der Waals surface area contributed by atoms with Crippen molar-refractivity contribution in [2.75, 3.05) is 5.73 Å². The Balaban J connectivity index is 1.67. The van der Waals surface area contributed by atoms with E-state index in [2.05, 4.69) is 10.1 Å². The van der Waals surface area contributed by atoms with Crippen LogP contribution in [0.15, 0.2) is 38.5 Å². The lowest BCUT2D eigenvalue weighted by molar-refractivity contribution is 0.427. The molecule has 3 heterocycles. The predicted molar refractivity (Wildman–Crippen MR) is 75.9 cm³/mol. The smallest absolute Gasteiger partial charge is 0.181 e. The summed E-state index contributed by atoms with van der Waals surface area (Å²) in [7, 11) is 0. The number of hydrogen-bond acceptors (Lipinski definition) is 7. The summed E-state index contributed by atoms with van der Waals surface area (Å²) in [5, 5.41) is 6.67. The van der Waals surface area contributed by atoms with E-state index in [0.717, 1.165) is 26.3 Å². The molecule has 18 heavy (non-hydrogen) atoms. The number of nitrogens with zero attached hydrogens (tertiary/aromatic N) is 2. The molecule has 0 atom stereocenters. The van der Waals surface area contributed by atoms with Gasteiger partial charge in [-0.2, -0.15) is 0 Å². The quantitative estimate of drug-likeness (QED) is 0.743. The molecule has 3 aromatic heterocycles. The number of anilines is 1. The van der Waals surface area contributed by atoms with Crippen molar-refractivity contribution < 1.29 is 4.52 Å². The number of thiazole rings is 1. The summed E-state index contributed by atoms with van der Waals surface area (Å²) in [6.07, 6.45) is 1.78. The van der Waals surface area contributed by atoms with Gasteiger partial charge in [-0.05, 0) is 11.4 Å². The number of nitrogen functional groups attached to an aromatic ring is 1. The highest BCUT2D eigenvalue weighted by Crippen LogP contribution is 2.31. The molecule has 0 spiro atoms. The number of thioether (sulfide) groups is 1. The number of rotatable bonds is 4. The van der Waals surface area contributed by atoms with E-state index in [4.69, 9.17) is 10.3 Å². The van der Waals surface area contributed by atoms with Gasteiger partial charge in [-0.15, -0.1) is 23.1 Å². The molecule has 0 aromatic carbocycles. The first-order valence-corrected chi connectivity index (χ1v) is 7.83. The van der Waals surface area contributed by atoms with Gasteiger partial charge in [0.15, 0.2) is 10.9 Å². The maximum absolute atomic E-state index is 5.58. The highest BCUT2D eigenvalue weighted by molar-refractivity contribution is 8.00. The Hall–Kier alpha value is -1.31. The maximum atomic E-state index is 5.58. The summed E-state index contributed by atoms with van der Waals surface area (Å²) >= 11 is 4.79. The lowest BCUT2D eigenvalue weighted by Crippen LogP contribution is -1.77. The molecule has 0 aliphatic rings. The zero-order valence-electron chi connectivity index (χ0n) is 9.20. The minimum absolute atomic E-state index is 0.594. The third-order valence-corrected chi connectivity index (χ3v) is 5.13. The van der Waals surface area contributed by atoms with E-state index in [0.29, 0.717) is 5.13 Å². The zero-order valence-corrected chi connectivity index (χ0v) is 11.6. The van der Waals surface area contributed by atoms with Crippen molar-refractivity contribution in [1.82, 2.24) is 10.1 Å². The molecule has 0 aliphatic carbocycles. The molecular weight excluding hydrogens is 286 g/mol. The lowest BCUT2D eigenvalue weighted by atomic mass is 10.3. The fourth-order valence-electron chi connectivity index (χ4n) is 1.40. The van der Waals surface area contributed by atoms with E-state index in [1.165, 1.54) is 11.3 Å². The van der Waals surface area contributed by atoms with Crippen LogP contribution in [0.3, 0.4) is 0 Å². The fraction of sp³-hybridized carbons (Fsp3) is 0.0909. The van der Waals surface area contributed by atoms with Crippen LogP contribution in [-0.4, -0.2) is 10.1 Å². The largest absolute Gasteiger partial charge is 0.375 e. The first kappa shape index (κ1) is 11.8. The molecule has 0 amide bonds. The van der Waals surface area contributed by atoms with Crippen molar-refractivity contribution >= 4 is 39.6 Å². The first-order valence-electron chi connectivity index (χ1n) is 5.15. The topological polar surface area (TPSA) is 64.9 Å². The Kier molecular flexibility index (Phi) is 3.35. The summed E-state index contributed by atoms with van der Waals surface area (Å²) in [5.74, 6) is 1.58. The van der Waals surface area contributed by atoms with Gasteiger partial charge in [0.05, 0.1) is 21.0 Å². The van der Waals surface area contributed by atoms with Gasteiger partial charge in [-0.25, -0.2) is 4.98 Å². The SMILES string of the molecule is Nc1ncc(SCc2cc(-c3cccs3)on2)s1. The first-order chi connectivity index (χ1) is 8.81. The molecule has 0 radical (unpaired) electrons.